The normalized spacial score (nSPS) is 11.1. The third kappa shape index (κ3) is 1.49. The molecule has 1 aromatic heterocycles. The number of rotatable bonds is 2. The summed E-state index contributed by atoms with van der Waals surface area (Å²) >= 11 is 5.92. The van der Waals surface area contributed by atoms with Gasteiger partial charge in [-0.2, -0.15) is 5.10 Å². The summed E-state index contributed by atoms with van der Waals surface area (Å²) in [7, 11) is 0. The average Bonchev–Trinajstić information content (AvgIpc) is 2.44. The molecule has 0 bridgehead atoms. The number of hydrogen-bond acceptors (Lipinski definition) is 2. The number of aryl methyl sites for hydroxylation is 1. The predicted octanol–water partition coefficient (Wildman–Crippen LogP) is 1.96. The second kappa shape index (κ2) is 3.59. The van der Waals surface area contributed by atoms with Crippen LogP contribution in [0.4, 0.5) is 0 Å². The molecule has 14 heavy (non-hydrogen) atoms. The maximum Gasteiger partial charge on any atom is 0.0686 e. The van der Waals surface area contributed by atoms with Crippen molar-refractivity contribution >= 4 is 22.5 Å². The van der Waals surface area contributed by atoms with Crippen molar-refractivity contribution < 1.29 is 0 Å². The molecule has 0 saturated carbocycles. The van der Waals surface area contributed by atoms with Crippen LogP contribution >= 0.6 is 11.6 Å². The maximum atomic E-state index is 5.92. The van der Waals surface area contributed by atoms with Crippen LogP contribution in [-0.2, 0) is 6.54 Å². The smallest absolute Gasteiger partial charge is 0.0686 e. The van der Waals surface area contributed by atoms with E-state index in [1.165, 1.54) is 0 Å². The van der Waals surface area contributed by atoms with Crippen molar-refractivity contribution in [2.45, 2.75) is 13.5 Å². The fraction of sp³-hybridized carbons (Fsp3) is 0.300. The molecule has 0 atom stereocenters. The molecule has 3 nitrogen and oxygen atoms in total. The first-order chi connectivity index (χ1) is 6.72. The Kier molecular flexibility index (Phi) is 2.44. The van der Waals surface area contributed by atoms with Crippen LogP contribution < -0.4 is 5.73 Å². The Morgan fingerprint density at radius 3 is 3.00 bits per heavy atom. The zero-order chi connectivity index (χ0) is 10.1. The van der Waals surface area contributed by atoms with Crippen LogP contribution in [0.3, 0.4) is 0 Å². The summed E-state index contributed by atoms with van der Waals surface area (Å²) in [5, 5.41) is 6.24. The van der Waals surface area contributed by atoms with E-state index in [4.69, 9.17) is 17.3 Å². The molecule has 0 spiro atoms. The summed E-state index contributed by atoms with van der Waals surface area (Å²) in [6.07, 6.45) is 0. The van der Waals surface area contributed by atoms with Crippen LogP contribution in [0.1, 0.15) is 5.69 Å². The van der Waals surface area contributed by atoms with Crippen molar-refractivity contribution in [2.75, 3.05) is 6.54 Å². The minimum atomic E-state index is 0.596. The second-order valence-corrected chi connectivity index (χ2v) is 3.70. The first-order valence-corrected chi connectivity index (χ1v) is 4.93. The highest BCUT2D eigenvalue weighted by Crippen LogP contribution is 2.21. The molecule has 4 heteroatoms. The number of halogens is 1. The van der Waals surface area contributed by atoms with Crippen molar-refractivity contribution in [2.24, 2.45) is 5.73 Å². The van der Waals surface area contributed by atoms with Gasteiger partial charge < -0.3 is 5.73 Å². The SMILES string of the molecule is Cc1nn(CCN)c2ccc(Cl)cc12. The maximum absolute atomic E-state index is 5.92. The zero-order valence-electron chi connectivity index (χ0n) is 8.00. The van der Waals surface area contributed by atoms with Crippen molar-refractivity contribution in [1.29, 1.82) is 0 Å². The van der Waals surface area contributed by atoms with E-state index in [0.717, 1.165) is 28.2 Å². The standard InChI is InChI=1S/C10H12ClN3/c1-7-9-6-8(11)2-3-10(9)14(13-7)5-4-12/h2-3,6H,4-5,12H2,1H3. The van der Waals surface area contributed by atoms with Crippen LogP contribution in [0.2, 0.25) is 5.02 Å². The molecule has 0 aliphatic heterocycles. The molecule has 1 aromatic carbocycles. The van der Waals surface area contributed by atoms with Crippen LogP contribution in [-0.4, -0.2) is 16.3 Å². The second-order valence-electron chi connectivity index (χ2n) is 3.26. The van der Waals surface area contributed by atoms with Crippen molar-refractivity contribution in [1.82, 2.24) is 9.78 Å². The van der Waals surface area contributed by atoms with Crippen molar-refractivity contribution in [3.63, 3.8) is 0 Å². The van der Waals surface area contributed by atoms with E-state index >= 15 is 0 Å². The molecule has 0 aliphatic carbocycles. The molecule has 2 aromatic rings. The Labute approximate surface area is 87.5 Å². The van der Waals surface area contributed by atoms with E-state index in [2.05, 4.69) is 5.10 Å². The lowest BCUT2D eigenvalue weighted by Gasteiger charge is -1.99. The van der Waals surface area contributed by atoms with E-state index in [1.54, 1.807) is 0 Å². The molecular weight excluding hydrogens is 198 g/mol. The molecule has 0 unspecified atom stereocenters. The van der Waals surface area contributed by atoms with Crippen LogP contribution in [0.15, 0.2) is 18.2 Å². The van der Waals surface area contributed by atoms with Gasteiger partial charge in [-0.1, -0.05) is 11.6 Å². The zero-order valence-corrected chi connectivity index (χ0v) is 8.75. The first kappa shape index (κ1) is 9.49. The lowest BCUT2D eigenvalue weighted by atomic mass is 10.2. The number of fused-ring (bicyclic) bond motifs is 1. The number of aromatic nitrogens is 2. The van der Waals surface area contributed by atoms with Crippen LogP contribution in [0, 0.1) is 6.92 Å². The molecule has 0 fully saturated rings. The summed E-state index contributed by atoms with van der Waals surface area (Å²) in [6.45, 7) is 3.32. The molecule has 74 valence electrons. The fourth-order valence-corrected chi connectivity index (χ4v) is 1.78. The number of nitrogens with zero attached hydrogens (tertiary/aromatic N) is 2. The van der Waals surface area contributed by atoms with E-state index in [1.807, 2.05) is 29.8 Å². The van der Waals surface area contributed by atoms with Gasteiger partial charge in [0.15, 0.2) is 0 Å². The van der Waals surface area contributed by atoms with Gasteiger partial charge in [0.05, 0.1) is 17.8 Å². The van der Waals surface area contributed by atoms with E-state index in [0.29, 0.717) is 6.54 Å². The molecule has 2 N–H and O–H groups in total. The van der Waals surface area contributed by atoms with Gasteiger partial charge in [-0.25, -0.2) is 0 Å². The number of hydrogen-bond donors (Lipinski definition) is 1. The van der Waals surface area contributed by atoms with Gasteiger partial charge in [0.2, 0.25) is 0 Å². The minimum Gasteiger partial charge on any atom is -0.329 e. The highest BCUT2D eigenvalue weighted by Gasteiger charge is 2.06. The molecule has 0 aliphatic rings. The topological polar surface area (TPSA) is 43.8 Å². The first-order valence-electron chi connectivity index (χ1n) is 4.55. The highest BCUT2D eigenvalue weighted by molar-refractivity contribution is 6.31. The van der Waals surface area contributed by atoms with E-state index in [-0.39, 0.29) is 0 Å². The highest BCUT2D eigenvalue weighted by atomic mass is 35.5. The van der Waals surface area contributed by atoms with E-state index in [9.17, 15) is 0 Å². The molecule has 0 saturated heterocycles. The van der Waals surface area contributed by atoms with Gasteiger partial charge in [-0.15, -0.1) is 0 Å². The van der Waals surface area contributed by atoms with Gasteiger partial charge in [-0.05, 0) is 25.1 Å². The van der Waals surface area contributed by atoms with Gasteiger partial charge in [0.25, 0.3) is 0 Å². The van der Waals surface area contributed by atoms with E-state index < -0.39 is 0 Å². The third-order valence-corrected chi connectivity index (χ3v) is 2.47. The Bertz CT molecular complexity index is 462. The number of benzene rings is 1. The summed E-state index contributed by atoms with van der Waals surface area (Å²) in [6, 6.07) is 5.79. The lowest BCUT2D eigenvalue weighted by molar-refractivity contribution is 0.640. The Morgan fingerprint density at radius 2 is 2.29 bits per heavy atom. The quantitative estimate of drug-likeness (QED) is 0.822. The summed E-state index contributed by atoms with van der Waals surface area (Å²) in [4.78, 5) is 0. The van der Waals surface area contributed by atoms with Crippen molar-refractivity contribution in [3.8, 4) is 0 Å². The molecule has 1 heterocycles. The molecule has 0 amide bonds. The monoisotopic (exact) mass is 209 g/mol. The molecule has 0 radical (unpaired) electrons. The number of nitrogens with two attached hydrogens (primary N) is 1. The van der Waals surface area contributed by atoms with Gasteiger partial charge >= 0.3 is 0 Å². The summed E-state index contributed by atoms with van der Waals surface area (Å²) in [5.74, 6) is 0. The Balaban J connectivity index is 2.65. The lowest BCUT2D eigenvalue weighted by Crippen LogP contribution is -2.10. The van der Waals surface area contributed by atoms with Gasteiger partial charge in [-0.3, -0.25) is 4.68 Å². The Morgan fingerprint density at radius 1 is 1.50 bits per heavy atom. The molecule has 2 rings (SSSR count). The largest absolute Gasteiger partial charge is 0.329 e. The van der Waals surface area contributed by atoms with Gasteiger partial charge in [0.1, 0.15) is 0 Å². The Hall–Kier alpha value is -1.06. The molecular formula is C10H12ClN3. The summed E-state index contributed by atoms with van der Waals surface area (Å²) in [5.41, 5.74) is 7.59. The third-order valence-electron chi connectivity index (χ3n) is 2.24. The predicted molar refractivity (Wildman–Crippen MR) is 58.5 cm³/mol. The van der Waals surface area contributed by atoms with Crippen LogP contribution in [0.25, 0.3) is 10.9 Å². The van der Waals surface area contributed by atoms with Crippen molar-refractivity contribution in [3.05, 3.63) is 28.9 Å². The fourth-order valence-electron chi connectivity index (χ4n) is 1.60. The van der Waals surface area contributed by atoms with Gasteiger partial charge in [0, 0.05) is 17.0 Å². The minimum absolute atomic E-state index is 0.596. The van der Waals surface area contributed by atoms with Crippen LogP contribution in [0.5, 0.6) is 0 Å². The summed E-state index contributed by atoms with van der Waals surface area (Å²) < 4.78 is 1.92. The average molecular weight is 210 g/mol.